The zero-order chi connectivity index (χ0) is 12.1. The molecule has 0 aliphatic rings. The summed E-state index contributed by atoms with van der Waals surface area (Å²) in [5, 5.41) is 0. The number of hydrogen-bond acceptors (Lipinski definition) is 2. The molecule has 3 nitrogen and oxygen atoms in total. The summed E-state index contributed by atoms with van der Waals surface area (Å²) in [4.78, 5) is 17.0. The van der Waals surface area contributed by atoms with Gasteiger partial charge in [0.1, 0.15) is 0 Å². The van der Waals surface area contributed by atoms with Crippen molar-refractivity contribution in [1.82, 2.24) is 9.88 Å². The van der Waals surface area contributed by atoms with Crippen LogP contribution in [0.3, 0.4) is 0 Å². The first kappa shape index (κ1) is 12.6. The van der Waals surface area contributed by atoms with Crippen LogP contribution < -0.4 is 0 Å². The fraction of sp³-hybridized carbons (Fsp3) is 0.500. The predicted molar refractivity (Wildman–Crippen MR) is 60.7 cm³/mol. The van der Waals surface area contributed by atoms with Crippen LogP contribution in [0.25, 0.3) is 0 Å². The Morgan fingerprint density at radius 3 is 2.88 bits per heavy atom. The van der Waals surface area contributed by atoms with E-state index in [1.54, 1.807) is 18.0 Å². The lowest BCUT2D eigenvalue weighted by Gasteiger charge is -2.24. The number of carbonyl (C=O) groups is 1. The lowest BCUT2D eigenvalue weighted by atomic mass is 10.1. The molecule has 88 valence electrons. The van der Waals surface area contributed by atoms with Crippen molar-refractivity contribution in [2.75, 3.05) is 7.05 Å². The Labute approximate surface area is 95.3 Å². The van der Waals surface area contributed by atoms with E-state index in [2.05, 4.69) is 11.9 Å². The minimum absolute atomic E-state index is 0.0351. The minimum Gasteiger partial charge on any atom is -0.339 e. The van der Waals surface area contributed by atoms with Crippen molar-refractivity contribution >= 4 is 5.91 Å². The Balaban J connectivity index is 2.82. The summed E-state index contributed by atoms with van der Waals surface area (Å²) in [5.41, 5.74) is 0.0351. The molecule has 0 N–H and O–H groups in total. The third kappa shape index (κ3) is 2.78. The van der Waals surface area contributed by atoms with Gasteiger partial charge < -0.3 is 4.90 Å². The second-order valence-corrected chi connectivity index (χ2v) is 3.90. The number of halogens is 1. The first-order valence-corrected chi connectivity index (χ1v) is 5.45. The molecule has 4 heteroatoms. The van der Waals surface area contributed by atoms with E-state index in [9.17, 15) is 9.18 Å². The van der Waals surface area contributed by atoms with Crippen molar-refractivity contribution in [3.05, 3.63) is 29.8 Å². The molecular formula is C12H17FN2O. The van der Waals surface area contributed by atoms with Gasteiger partial charge in [0, 0.05) is 19.3 Å². The summed E-state index contributed by atoms with van der Waals surface area (Å²) in [5.74, 6) is -1.02. The molecule has 0 spiro atoms. The Hall–Kier alpha value is -1.45. The van der Waals surface area contributed by atoms with Gasteiger partial charge >= 0.3 is 0 Å². The maximum absolute atomic E-state index is 13.3. The summed E-state index contributed by atoms with van der Waals surface area (Å²) in [6.07, 6.45) is 3.24. The van der Waals surface area contributed by atoms with E-state index in [-0.39, 0.29) is 17.5 Å². The quantitative estimate of drug-likeness (QED) is 0.736. The van der Waals surface area contributed by atoms with Gasteiger partial charge in [-0.25, -0.2) is 4.98 Å². The summed E-state index contributed by atoms with van der Waals surface area (Å²) in [6.45, 7) is 4.01. The minimum atomic E-state index is -0.706. The van der Waals surface area contributed by atoms with Crippen LogP contribution in [0.4, 0.5) is 4.39 Å². The first-order valence-electron chi connectivity index (χ1n) is 5.45. The topological polar surface area (TPSA) is 33.2 Å². The molecule has 0 saturated carbocycles. The summed E-state index contributed by atoms with van der Waals surface area (Å²) in [7, 11) is 1.69. The van der Waals surface area contributed by atoms with Crippen molar-refractivity contribution < 1.29 is 9.18 Å². The van der Waals surface area contributed by atoms with Gasteiger partial charge in [-0.3, -0.25) is 4.79 Å². The highest BCUT2D eigenvalue weighted by Gasteiger charge is 2.20. The molecule has 1 atom stereocenters. The molecule has 16 heavy (non-hydrogen) atoms. The highest BCUT2D eigenvalue weighted by atomic mass is 19.1. The van der Waals surface area contributed by atoms with Crippen molar-refractivity contribution in [3.8, 4) is 0 Å². The molecular weight excluding hydrogens is 207 g/mol. The molecule has 0 fully saturated rings. The number of rotatable bonds is 4. The number of pyridine rings is 1. The molecule has 0 bridgehead atoms. The molecule has 1 aromatic rings. The Morgan fingerprint density at radius 1 is 1.62 bits per heavy atom. The summed E-state index contributed by atoms with van der Waals surface area (Å²) in [6, 6.07) is 3.13. The van der Waals surface area contributed by atoms with E-state index in [0.717, 1.165) is 12.8 Å². The molecule has 1 amide bonds. The predicted octanol–water partition coefficient (Wildman–Crippen LogP) is 2.48. The van der Waals surface area contributed by atoms with Gasteiger partial charge in [0.25, 0.3) is 5.91 Å². The lowest BCUT2D eigenvalue weighted by molar-refractivity contribution is 0.0731. The van der Waals surface area contributed by atoms with Crippen LogP contribution in [0.15, 0.2) is 18.3 Å². The molecule has 1 heterocycles. The number of nitrogens with zero attached hydrogens (tertiary/aromatic N) is 2. The van der Waals surface area contributed by atoms with Crippen molar-refractivity contribution in [3.63, 3.8) is 0 Å². The third-order valence-electron chi connectivity index (χ3n) is 2.68. The van der Waals surface area contributed by atoms with Crippen LogP contribution in [0, 0.1) is 5.95 Å². The van der Waals surface area contributed by atoms with Crippen LogP contribution in [-0.2, 0) is 0 Å². The van der Waals surface area contributed by atoms with Crippen LogP contribution in [-0.4, -0.2) is 28.9 Å². The second kappa shape index (κ2) is 5.58. The monoisotopic (exact) mass is 224 g/mol. The Morgan fingerprint density at radius 2 is 2.31 bits per heavy atom. The Bertz CT molecular complexity index is 368. The van der Waals surface area contributed by atoms with Gasteiger partial charge in [-0.05, 0) is 25.5 Å². The van der Waals surface area contributed by atoms with Crippen molar-refractivity contribution in [2.45, 2.75) is 32.7 Å². The zero-order valence-corrected chi connectivity index (χ0v) is 9.90. The summed E-state index contributed by atoms with van der Waals surface area (Å²) >= 11 is 0. The average molecular weight is 224 g/mol. The molecule has 0 saturated heterocycles. The van der Waals surface area contributed by atoms with Crippen LogP contribution in [0.2, 0.25) is 0 Å². The molecule has 1 unspecified atom stereocenters. The van der Waals surface area contributed by atoms with E-state index in [1.165, 1.54) is 12.3 Å². The van der Waals surface area contributed by atoms with Crippen LogP contribution in [0.1, 0.15) is 37.0 Å². The van der Waals surface area contributed by atoms with Gasteiger partial charge in [0.15, 0.2) is 0 Å². The number of carbonyl (C=O) groups excluding carboxylic acids is 1. The van der Waals surface area contributed by atoms with E-state index in [0.29, 0.717) is 0 Å². The lowest BCUT2D eigenvalue weighted by Crippen LogP contribution is -2.35. The fourth-order valence-electron chi connectivity index (χ4n) is 1.55. The molecule has 0 aliphatic carbocycles. The fourth-order valence-corrected chi connectivity index (χ4v) is 1.55. The van der Waals surface area contributed by atoms with E-state index in [4.69, 9.17) is 0 Å². The SMILES string of the molecule is CCCC(C)N(C)C(=O)c1cccnc1F. The Kier molecular flexibility index (Phi) is 4.40. The highest BCUT2D eigenvalue weighted by Crippen LogP contribution is 2.11. The largest absolute Gasteiger partial charge is 0.339 e. The summed E-state index contributed by atoms with van der Waals surface area (Å²) < 4.78 is 13.3. The highest BCUT2D eigenvalue weighted by molar-refractivity contribution is 5.94. The zero-order valence-electron chi connectivity index (χ0n) is 9.90. The normalized spacial score (nSPS) is 12.2. The second-order valence-electron chi connectivity index (χ2n) is 3.90. The molecule has 0 radical (unpaired) electrons. The van der Waals surface area contributed by atoms with E-state index >= 15 is 0 Å². The van der Waals surface area contributed by atoms with Gasteiger partial charge in [-0.1, -0.05) is 13.3 Å². The maximum atomic E-state index is 13.3. The van der Waals surface area contributed by atoms with E-state index < -0.39 is 5.95 Å². The third-order valence-corrected chi connectivity index (χ3v) is 2.68. The number of aromatic nitrogens is 1. The van der Waals surface area contributed by atoms with Gasteiger partial charge in [-0.15, -0.1) is 0 Å². The van der Waals surface area contributed by atoms with Gasteiger partial charge in [0.2, 0.25) is 5.95 Å². The van der Waals surface area contributed by atoms with Gasteiger partial charge in [0.05, 0.1) is 5.56 Å². The smallest absolute Gasteiger partial charge is 0.258 e. The van der Waals surface area contributed by atoms with Crippen LogP contribution in [0.5, 0.6) is 0 Å². The molecule has 0 aliphatic heterocycles. The van der Waals surface area contributed by atoms with Crippen molar-refractivity contribution in [1.29, 1.82) is 0 Å². The average Bonchev–Trinajstić information content (AvgIpc) is 2.28. The molecule has 1 aromatic heterocycles. The molecule has 0 aromatic carbocycles. The first-order chi connectivity index (χ1) is 7.57. The maximum Gasteiger partial charge on any atom is 0.258 e. The number of amides is 1. The molecule has 1 rings (SSSR count). The number of hydrogen-bond donors (Lipinski definition) is 0. The van der Waals surface area contributed by atoms with Crippen molar-refractivity contribution in [2.24, 2.45) is 0 Å². The standard InChI is InChI=1S/C12H17FN2O/c1-4-6-9(2)15(3)12(16)10-7-5-8-14-11(10)13/h5,7-9H,4,6H2,1-3H3. The van der Waals surface area contributed by atoms with Crippen LogP contribution >= 0.6 is 0 Å². The van der Waals surface area contributed by atoms with E-state index in [1.807, 2.05) is 6.92 Å². The van der Waals surface area contributed by atoms with Gasteiger partial charge in [-0.2, -0.15) is 4.39 Å².